The second-order valence-corrected chi connectivity index (χ2v) is 4.79. The van der Waals surface area contributed by atoms with E-state index in [1.54, 1.807) is 30.3 Å². The van der Waals surface area contributed by atoms with E-state index < -0.39 is 6.03 Å². The van der Waals surface area contributed by atoms with E-state index in [2.05, 4.69) is 10.5 Å². The molecule has 2 aromatic carbocycles. The van der Waals surface area contributed by atoms with Crippen LogP contribution in [0.2, 0.25) is 0 Å². The van der Waals surface area contributed by atoms with Crippen molar-refractivity contribution < 1.29 is 18.7 Å². The number of hydrogen-bond acceptors (Lipinski definition) is 4. The highest BCUT2D eigenvalue weighted by atomic mass is 19.1. The zero-order valence-electron chi connectivity index (χ0n) is 13.2. The number of urea groups is 1. The Morgan fingerprint density at radius 2 is 1.96 bits per heavy atom. The third-order valence-electron chi connectivity index (χ3n) is 2.96. The molecule has 2 rings (SSSR count). The number of primary amides is 1. The maximum absolute atomic E-state index is 12.9. The second kappa shape index (κ2) is 8.52. The summed E-state index contributed by atoms with van der Waals surface area (Å²) < 4.78 is 24.2. The molecule has 24 heavy (non-hydrogen) atoms. The van der Waals surface area contributed by atoms with Gasteiger partial charge in [0.2, 0.25) is 0 Å². The molecule has 0 aliphatic rings. The van der Waals surface area contributed by atoms with Gasteiger partial charge in [-0.25, -0.2) is 14.6 Å². The van der Waals surface area contributed by atoms with Crippen molar-refractivity contribution in [3.8, 4) is 11.5 Å². The van der Waals surface area contributed by atoms with Crippen LogP contribution >= 0.6 is 0 Å². The van der Waals surface area contributed by atoms with Gasteiger partial charge in [-0.2, -0.15) is 5.10 Å². The van der Waals surface area contributed by atoms with Crippen LogP contribution in [0.25, 0.3) is 0 Å². The molecule has 126 valence electrons. The number of halogens is 1. The Balaban J connectivity index is 2.09. The Kier molecular flexibility index (Phi) is 6.13. The number of benzene rings is 2. The first-order valence-corrected chi connectivity index (χ1v) is 7.31. The smallest absolute Gasteiger partial charge is 0.332 e. The predicted octanol–water partition coefficient (Wildman–Crippen LogP) is 2.81. The van der Waals surface area contributed by atoms with Crippen LogP contribution in [0.15, 0.2) is 47.6 Å². The zero-order valence-corrected chi connectivity index (χ0v) is 13.2. The van der Waals surface area contributed by atoms with Gasteiger partial charge >= 0.3 is 6.03 Å². The highest BCUT2D eigenvalue weighted by Gasteiger charge is 2.06. The molecule has 0 radical (unpaired) electrons. The number of nitrogens with one attached hydrogen (secondary N) is 1. The van der Waals surface area contributed by atoms with Crippen LogP contribution < -0.4 is 20.6 Å². The van der Waals surface area contributed by atoms with Crippen LogP contribution in [0.4, 0.5) is 9.18 Å². The molecule has 0 fully saturated rings. The topological polar surface area (TPSA) is 85.9 Å². The Morgan fingerprint density at radius 3 is 2.62 bits per heavy atom. The third-order valence-corrected chi connectivity index (χ3v) is 2.96. The van der Waals surface area contributed by atoms with Crippen LogP contribution in [-0.2, 0) is 6.61 Å². The fraction of sp³-hybridized carbons (Fsp3) is 0.176. The van der Waals surface area contributed by atoms with Crippen molar-refractivity contribution in [3.05, 3.63) is 59.4 Å². The summed E-state index contributed by atoms with van der Waals surface area (Å²) in [5.74, 6) is 0.811. The molecule has 0 bridgehead atoms. The Labute approximate surface area is 139 Å². The van der Waals surface area contributed by atoms with Gasteiger partial charge in [0.15, 0.2) is 11.5 Å². The Morgan fingerprint density at radius 1 is 1.21 bits per heavy atom. The van der Waals surface area contributed by atoms with Crippen molar-refractivity contribution in [1.82, 2.24) is 5.43 Å². The third kappa shape index (κ3) is 5.28. The van der Waals surface area contributed by atoms with Gasteiger partial charge in [-0.1, -0.05) is 12.1 Å². The number of amides is 2. The molecule has 0 atom stereocenters. The lowest BCUT2D eigenvalue weighted by Gasteiger charge is -2.12. The molecule has 0 aliphatic carbocycles. The molecule has 2 amide bonds. The molecule has 0 heterocycles. The largest absolute Gasteiger partial charge is 0.490 e. The SMILES string of the molecule is CCOc1cc(/C=N\NC(N)=O)ccc1OCc1ccc(F)cc1. The van der Waals surface area contributed by atoms with E-state index in [1.165, 1.54) is 18.3 Å². The van der Waals surface area contributed by atoms with Gasteiger partial charge in [0.05, 0.1) is 12.8 Å². The predicted molar refractivity (Wildman–Crippen MR) is 88.7 cm³/mol. The molecule has 0 unspecified atom stereocenters. The van der Waals surface area contributed by atoms with E-state index >= 15 is 0 Å². The van der Waals surface area contributed by atoms with Crippen LogP contribution in [0.3, 0.4) is 0 Å². The molecule has 7 heteroatoms. The van der Waals surface area contributed by atoms with Crippen LogP contribution in [0.5, 0.6) is 11.5 Å². The molecule has 0 saturated heterocycles. The van der Waals surface area contributed by atoms with Gasteiger partial charge < -0.3 is 15.2 Å². The highest BCUT2D eigenvalue weighted by Crippen LogP contribution is 2.28. The fourth-order valence-electron chi connectivity index (χ4n) is 1.90. The fourth-order valence-corrected chi connectivity index (χ4v) is 1.90. The van der Waals surface area contributed by atoms with Gasteiger partial charge in [0.1, 0.15) is 12.4 Å². The van der Waals surface area contributed by atoms with Gasteiger partial charge in [0.25, 0.3) is 0 Å². The molecular formula is C17H18FN3O3. The second-order valence-electron chi connectivity index (χ2n) is 4.79. The molecule has 2 aromatic rings. The Hall–Kier alpha value is -3.09. The minimum Gasteiger partial charge on any atom is -0.490 e. The average Bonchev–Trinajstić information content (AvgIpc) is 2.55. The van der Waals surface area contributed by atoms with Gasteiger partial charge in [-0.15, -0.1) is 0 Å². The summed E-state index contributed by atoms with van der Waals surface area (Å²) in [6.07, 6.45) is 1.44. The summed E-state index contributed by atoms with van der Waals surface area (Å²) in [4.78, 5) is 10.6. The summed E-state index contributed by atoms with van der Waals surface area (Å²) in [6.45, 7) is 2.61. The number of nitrogens with two attached hydrogens (primary N) is 1. The lowest BCUT2D eigenvalue weighted by atomic mass is 10.2. The lowest BCUT2D eigenvalue weighted by molar-refractivity contribution is 0.249. The number of carbonyl (C=O) groups excluding carboxylic acids is 1. The minimum absolute atomic E-state index is 0.289. The van der Waals surface area contributed by atoms with Crippen LogP contribution in [0, 0.1) is 5.82 Å². The van der Waals surface area contributed by atoms with Crippen molar-refractivity contribution >= 4 is 12.2 Å². The van der Waals surface area contributed by atoms with E-state index in [4.69, 9.17) is 15.2 Å². The lowest BCUT2D eigenvalue weighted by Crippen LogP contribution is -2.24. The van der Waals surface area contributed by atoms with E-state index in [9.17, 15) is 9.18 Å². The average molecular weight is 331 g/mol. The summed E-state index contributed by atoms with van der Waals surface area (Å²) in [6, 6.07) is 10.6. The number of hydrogen-bond donors (Lipinski definition) is 2. The number of ether oxygens (including phenoxy) is 2. The van der Waals surface area contributed by atoms with Crippen LogP contribution in [-0.4, -0.2) is 18.9 Å². The van der Waals surface area contributed by atoms with Crippen molar-refractivity contribution in [1.29, 1.82) is 0 Å². The molecule has 0 saturated carbocycles. The first kappa shape index (κ1) is 17.3. The molecule has 0 aliphatic heterocycles. The maximum Gasteiger partial charge on any atom is 0.332 e. The molecular weight excluding hydrogens is 313 g/mol. The normalized spacial score (nSPS) is 10.6. The van der Waals surface area contributed by atoms with E-state index in [-0.39, 0.29) is 12.4 Å². The van der Waals surface area contributed by atoms with Crippen molar-refractivity contribution in [3.63, 3.8) is 0 Å². The van der Waals surface area contributed by atoms with E-state index in [0.29, 0.717) is 23.7 Å². The zero-order chi connectivity index (χ0) is 17.4. The first-order valence-electron chi connectivity index (χ1n) is 7.31. The molecule has 0 aromatic heterocycles. The summed E-state index contributed by atoms with van der Waals surface area (Å²) >= 11 is 0. The van der Waals surface area contributed by atoms with Crippen molar-refractivity contribution in [2.45, 2.75) is 13.5 Å². The quantitative estimate of drug-likeness (QED) is 0.604. The number of nitrogens with zero attached hydrogens (tertiary/aromatic N) is 1. The van der Waals surface area contributed by atoms with Gasteiger partial charge in [-0.05, 0) is 48.4 Å². The molecule has 6 nitrogen and oxygen atoms in total. The Bertz CT molecular complexity index is 718. The van der Waals surface area contributed by atoms with Crippen molar-refractivity contribution in [2.75, 3.05) is 6.61 Å². The van der Waals surface area contributed by atoms with E-state index in [0.717, 1.165) is 5.56 Å². The summed E-state index contributed by atoms with van der Waals surface area (Å²) in [7, 11) is 0. The minimum atomic E-state index is -0.740. The van der Waals surface area contributed by atoms with Gasteiger partial charge in [-0.3, -0.25) is 0 Å². The molecule has 3 N–H and O–H groups in total. The molecule has 0 spiro atoms. The summed E-state index contributed by atoms with van der Waals surface area (Å²) in [5, 5.41) is 3.69. The maximum atomic E-state index is 12.9. The van der Waals surface area contributed by atoms with Crippen LogP contribution in [0.1, 0.15) is 18.1 Å². The number of rotatable bonds is 7. The number of hydrazone groups is 1. The number of carbonyl (C=O) groups is 1. The highest BCUT2D eigenvalue weighted by molar-refractivity contribution is 5.82. The van der Waals surface area contributed by atoms with E-state index in [1.807, 2.05) is 6.92 Å². The summed E-state index contributed by atoms with van der Waals surface area (Å²) in [5.41, 5.74) is 8.60. The monoisotopic (exact) mass is 331 g/mol. The first-order chi connectivity index (χ1) is 11.6. The van der Waals surface area contributed by atoms with Gasteiger partial charge in [0, 0.05) is 0 Å². The van der Waals surface area contributed by atoms with Crippen molar-refractivity contribution in [2.24, 2.45) is 10.8 Å². The standard InChI is InChI=1S/C17H18FN3O3/c1-2-23-16-9-13(10-20-21-17(19)22)5-8-15(16)24-11-12-3-6-14(18)7-4-12/h3-10H,2,11H2,1H3,(H3,19,21,22)/b20-10-.